The number of benzene rings is 2. The summed E-state index contributed by atoms with van der Waals surface area (Å²) >= 11 is 0. The summed E-state index contributed by atoms with van der Waals surface area (Å²) in [6.45, 7) is 13.4. The number of halogens is 1. The fraction of sp³-hybridized carbons (Fsp3) is 0.375. The predicted molar refractivity (Wildman–Crippen MR) is 124 cm³/mol. The zero-order valence-electron chi connectivity index (χ0n) is 18.0. The van der Waals surface area contributed by atoms with Crippen molar-refractivity contribution >= 4 is 18.4 Å². The van der Waals surface area contributed by atoms with Gasteiger partial charge in [0.05, 0.1) is 11.4 Å². The van der Waals surface area contributed by atoms with Crippen LogP contribution in [0.25, 0.3) is 22.5 Å². The maximum atomic E-state index is 4.77. The van der Waals surface area contributed by atoms with E-state index in [1.807, 2.05) is 7.05 Å². The van der Waals surface area contributed by atoms with Crippen LogP contribution < -0.4 is 5.32 Å². The Kier molecular flexibility index (Phi) is 6.30. The molecule has 0 aliphatic heterocycles. The van der Waals surface area contributed by atoms with Crippen LogP contribution >= 0.6 is 12.4 Å². The molecule has 4 heteroatoms. The molecule has 1 aromatic heterocycles. The molecule has 150 valence electrons. The second-order valence-electron chi connectivity index (χ2n) is 9.21. The largest absolute Gasteiger partial charge is 0.359 e. The lowest BCUT2D eigenvalue weighted by molar-refractivity contribution is 0.590. The van der Waals surface area contributed by atoms with E-state index in [-0.39, 0.29) is 23.2 Å². The van der Waals surface area contributed by atoms with Crippen LogP contribution in [0.1, 0.15) is 52.7 Å². The Morgan fingerprint density at radius 3 is 1.54 bits per heavy atom. The summed E-state index contributed by atoms with van der Waals surface area (Å²) in [4.78, 5) is 8.20. The minimum absolute atomic E-state index is 0. The topological polar surface area (TPSA) is 40.7 Å². The number of nitrogens with zero attached hydrogens (tertiary/aromatic N) is 1. The van der Waals surface area contributed by atoms with Gasteiger partial charge in [-0.05, 0) is 22.0 Å². The van der Waals surface area contributed by atoms with E-state index in [0.29, 0.717) is 0 Å². The number of hydrogen-bond acceptors (Lipinski definition) is 2. The van der Waals surface area contributed by atoms with Crippen molar-refractivity contribution in [3.05, 3.63) is 59.7 Å². The number of rotatable bonds is 3. The highest BCUT2D eigenvalue weighted by molar-refractivity contribution is 5.85. The molecule has 0 saturated carbocycles. The maximum Gasteiger partial charge on any atom is 0.200 e. The van der Waals surface area contributed by atoms with E-state index in [2.05, 4.69) is 100 Å². The summed E-state index contributed by atoms with van der Waals surface area (Å²) < 4.78 is 0. The van der Waals surface area contributed by atoms with Gasteiger partial charge in [0.25, 0.3) is 0 Å². The van der Waals surface area contributed by atoms with Gasteiger partial charge >= 0.3 is 0 Å². The molecule has 0 aliphatic carbocycles. The van der Waals surface area contributed by atoms with E-state index < -0.39 is 0 Å². The molecular formula is C24H32ClN3. The van der Waals surface area contributed by atoms with Crippen molar-refractivity contribution < 1.29 is 0 Å². The normalized spacial score (nSPS) is 11.8. The van der Waals surface area contributed by atoms with Crippen molar-refractivity contribution in [1.82, 2.24) is 9.97 Å². The zero-order chi connectivity index (χ0) is 19.8. The van der Waals surface area contributed by atoms with Crippen molar-refractivity contribution in [1.29, 1.82) is 0 Å². The molecule has 0 saturated heterocycles. The van der Waals surface area contributed by atoms with Crippen LogP contribution in [0.4, 0.5) is 5.95 Å². The number of imidazole rings is 1. The molecule has 0 aliphatic rings. The molecule has 1 heterocycles. The first-order chi connectivity index (χ1) is 12.6. The summed E-state index contributed by atoms with van der Waals surface area (Å²) in [6, 6.07) is 17.5. The first kappa shape index (κ1) is 22.0. The van der Waals surface area contributed by atoms with Gasteiger partial charge in [-0.1, -0.05) is 90.1 Å². The molecule has 0 radical (unpaired) electrons. The highest BCUT2D eigenvalue weighted by atomic mass is 35.5. The molecule has 3 rings (SSSR count). The molecule has 3 nitrogen and oxygen atoms in total. The molecular weight excluding hydrogens is 366 g/mol. The van der Waals surface area contributed by atoms with Gasteiger partial charge in [-0.3, -0.25) is 0 Å². The average Bonchev–Trinajstić information content (AvgIpc) is 3.05. The number of nitrogens with one attached hydrogen (secondary N) is 2. The lowest BCUT2D eigenvalue weighted by Gasteiger charge is -2.19. The van der Waals surface area contributed by atoms with Crippen LogP contribution in [-0.2, 0) is 10.8 Å². The fourth-order valence-electron chi connectivity index (χ4n) is 3.17. The summed E-state index contributed by atoms with van der Waals surface area (Å²) in [5.41, 5.74) is 7.23. The van der Waals surface area contributed by atoms with Gasteiger partial charge in [-0.25, -0.2) is 4.98 Å². The molecule has 0 unspecified atom stereocenters. The summed E-state index contributed by atoms with van der Waals surface area (Å²) in [6.07, 6.45) is 0. The Bertz CT molecular complexity index is 833. The van der Waals surface area contributed by atoms with Gasteiger partial charge in [0.2, 0.25) is 5.95 Å². The highest BCUT2D eigenvalue weighted by Crippen LogP contribution is 2.34. The molecule has 0 fully saturated rings. The Morgan fingerprint density at radius 2 is 1.14 bits per heavy atom. The molecule has 2 aromatic carbocycles. The number of H-pyrrole nitrogens is 1. The van der Waals surface area contributed by atoms with Crippen LogP contribution in [-0.4, -0.2) is 17.0 Å². The molecule has 3 aromatic rings. The quantitative estimate of drug-likeness (QED) is 0.510. The summed E-state index contributed by atoms with van der Waals surface area (Å²) in [5.74, 6) is 0.778. The molecule has 0 amide bonds. The molecule has 0 bridgehead atoms. The van der Waals surface area contributed by atoms with Crippen LogP contribution in [0, 0.1) is 0 Å². The van der Waals surface area contributed by atoms with E-state index >= 15 is 0 Å². The molecule has 2 N–H and O–H groups in total. The maximum absolute atomic E-state index is 4.77. The molecule has 28 heavy (non-hydrogen) atoms. The Morgan fingerprint density at radius 1 is 0.714 bits per heavy atom. The second-order valence-corrected chi connectivity index (χ2v) is 9.21. The Labute approximate surface area is 175 Å². The van der Waals surface area contributed by atoms with Crippen LogP contribution in [0.5, 0.6) is 0 Å². The number of anilines is 1. The third-order valence-corrected chi connectivity index (χ3v) is 5.00. The third-order valence-electron chi connectivity index (χ3n) is 5.00. The Balaban J connectivity index is 0.00000280. The first-order valence-electron chi connectivity index (χ1n) is 9.59. The van der Waals surface area contributed by atoms with Crippen LogP contribution in [0.3, 0.4) is 0 Å². The third kappa shape index (κ3) is 4.59. The van der Waals surface area contributed by atoms with E-state index in [4.69, 9.17) is 4.98 Å². The summed E-state index contributed by atoms with van der Waals surface area (Å²) in [7, 11) is 1.89. The van der Waals surface area contributed by atoms with E-state index in [1.165, 1.54) is 11.1 Å². The van der Waals surface area contributed by atoms with Crippen molar-refractivity contribution in [2.75, 3.05) is 12.4 Å². The molecule has 0 atom stereocenters. The summed E-state index contributed by atoms with van der Waals surface area (Å²) in [5, 5.41) is 3.13. The van der Waals surface area contributed by atoms with Crippen molar-refractivity contribution in [3.8, 4) is 22.5 Å². The lowest BCUT2D eigenvalue weighted by atomic mass is 9.86. The van der Waals surface area contributed by atoms with Crippen molar-refractivity contribution in [2.24, 2.45) is 0 Å². The van der Waals surface area contributed by atoms with Gasteiger partial charge in [0.1, 0.15) is 0 Å². The van der Waals surface area contributed by atoms with Crippen LogP contribution in [0.15, 0.2) is 48.5 Å². The van der Waals surface area contributed by atoms with Gasteiger partial charge < -0.3 is 10.3 Å². The standard InChI is InChI=1S/C24H31N3.ClH/c1-23(2,3)18-12-8-16(9-13-18)20-21(27-22(25-7)26-20)17-10-14-19(15-11-17)24(4,5)6;/h8-15H,1-7H3,(H2,25,26,27);1H. The van der Waals surface area contributed by atoms with Gasteiger partial charge in [-0.15, -0.1) is 12.4 Å². The smallest absolute Gasteiger partial charge is 0.200 e. The number of aromatic amines is 1. The van der Waals surface area contributed by atoms with E-state index in [0.717, 1.165) is 28.5 Å². The fourth-order valence-corrected chi connectivity index (χ4v) is 3.17. The monoisotopic (exact) mass is 397 g/mol. The van der Waals surface area contributed by atoms with Gasteiger partial charge in [0.15, 0.2) is 0 Å². The SMILES string of the molecule is CNc1nc(-c2ccc(C(C)(C)C)cc2)c(-c2ccc(C(C)(C)C)cc2)[nH]1.Cl. The predicted octanol–water partition coefficient (Wildman–Crippen LogP) is 6.80. The average molecular weight is 398 g/mol. The van der Waals surface area contributed by atoms with Gasteiger partial charge in [-0.2, -0.15) is 0 Å². The molecule has 0 spiro atoms. The van der Waals surface area contributed by atoms with Crippen LogP contribution in [0.2, 0.25) is 0 Å². The zero-order valence-corrected chi connectivity index (χ0v) is 18.8. The highest BCUT2D eigenvalue weighted by Gasteiger charge is 2.18. The van der Waals surface area contributed by atoms with Crippen molar-refractivity contribution in [2.45, 2.75) is 52.4 Å². The first-order valence-corrected chi connectivity index (χ1v) is 9.59. The number of aromatic nitrogens is 2. The van der Waals surface area contributed by atoms with E-state index in [1.54, 1.807) is 0 Å². The van der Waals surface area contributed by atoms with Crippen molar-refractivity contribution in [3.63, 3.8) is 0 Å². The lowest BCUT2D eigenvalue weighted by Crippen LogP contribution is -2.10. The number of hydrogen-bond donors (Lipinski definition) is 2. The van der Waals surface area contributed by atoms with Gasteiger partial charge in [0, 0.05) is 18.2 Å². The van der Waals surface area contributed by atoms with E-state index in [9.17, 15) is 0 Å². The minimum atomic E-state index is 0. The second kappa shape index (κ2) is 8.00. The Hall–Kier alpha value is -2.26. The minimum Gasteiger partial charge on any atom is -0.359 e.